The minimum Gasteiger partial charge on any atom is -0.496 e. The molecule has 3 aromatic rings. The van der Waals surface area contributed by atoms with Gasteiger partial charge in [0.05, 0.1) is 19.8 Å². The zero-order valence-corrected chi connectivity index (χ0v) is 18.7. The molecular weight excluding hydrogens is 406 g/mol. The molecule has 1 fully saturated rings. The van der Waals surface area contributed by atoms with Gasteiger partial charge in [-0.05, 0) is 54.3 Å². The lowest BCUT2D eigenvalue weighted by molar-refractivity contribution is 0.0600. The second-order valence-corrected chi connectivity index (χ2v) is 8.27. The SMILES string of the molecule is COC(=O)c1ccc(Cc2cn(C)c3ccc(NC(=O)NC4CCCC4)cc23)c(OC)c1. The van der Waals surface area contributed by atoms with E-state index in [1.165, 1.54) is 20.0 Å². The molecule has 32 heavy (non-hydrogen) atoms. The maximum atomic E-state index is 12.4. The Kier molecular flexibility index (Phi) is 6.35. The molecule has 0 radical (unpaired) electrons. The van der Waals surface area contributed by atoms with Crippen LogP contribution in [0.3, 0.4) is 0 Å². The van der Waals surface area contributed by atoms with Gasteiger partial charge in [-0.1, -0.05) is 18.9 Å². The van der Waals surface area contributed by atoms with Gasteiger partial charge in [0.2, 0.25) is 0 Å². The number of aromatic nitrogens is 1. The zero-order valence-electron chi connectivity index (χ0n) is 18.7. The second kappa shape index (κ2) is 9.34. The van der Waals surface area contributed by atoms with Crippen LogP contribution < -0.4 is 15.4 Å². The monoisotopic (exact) mass is 435 g/mol. The summed E-state index contributed by atoms with van der Waals surface area (Å²) in [6.07, 6.45) is 7.15. The molecule has 7 heteroatoms. The van der Waals surface area contributed by atoms with E-state index >= 15 is 0 Å². The number of hydrogen-bond donors (Lipinski definition) is 2. The van der Waals surface area contributed by atoms with Crippen molar-refractivity contribution in [2.24, 2.45) is 7.05 Å². The summed E-state index contributed by atoms with van der Waals surface area (Å²) in [6, 6.07) is 11.4. The first kappa shape index (κ1) is 21.7. The largest absolute Gasteiger partial charge is 0.496 e. The molecule has 0 unspecified atom stereocenters. The van der Waals surface area contributed by atoms with Crippen LogP contribution in [0.1, 0.15) is 47.2 Å². The number of esters is 1. The number of rotatable bonds is 6. The van der Waals surface area contributed by atoms with Crippen molar-refractivity contribution in [3.05, 3.63) is 59.3 Å². The number of amides is 2. The van der Waals surface area contributed by atoms with Crippen molar-refractivity contribution >= 4 is 28.6 Å². The molecule has 1 aliphatic carbocycles. The third kappa shape index (κ3) is 4.56. The van der Waals surface area contributed by atoms with Gasteiger partial charge in [-0.25, -0.2) is 9.59 Å². The lowest BCUT2D eigenvalue weighted by atomic mass is 10.0. The number of methoxy groups -OCH3 is 2. The van der Waals surface area contributed by atoms with Gasteiger partial charge >= 0.3 is 12.0 Å². The molecule has 7 nitrogen and oxygen atoms in total. The van der Waals surface area contributed by atoms with E-state index in [2.05, 4.69) is 21.4 Å². The molecule has 4 rings (SSSR count). The third-order valence-corrected chi connectivity index (χ3v) is 6.11. The van der Waals surface area contributed by atoms with E-state index in [0.717, 1.165) is 40.6 Å². The summed E-state index contributed by atoms with van der Waals surface area (Å²) < 4.78 is 12.4. The molecule has 2 N–H and O–H groups in total. The number of benzene rings is 2. The highest BCUT2D eigenvalue weighted by atomic mass is 16.5. The summed E-state index contributed by atoms with van der Waals surface area (Å²) in [6.45, 7) is 0. The molecular formula is C25H29N3O4. The van der Waals surface area contributed by atoms with Crippen molar-refractivity contribution in [2.45, 2.75) is 38.1 Å². The topological polar surface area (TPSA) is 81.6 Å². The Labute approximate surface area is 187 Å². The van der Waals surface area contributed by atoms with Gasteiger partial charge < -0.3 is 24.7 Å². The fourth-order valence-corrected chi connectivity index (χ4v) is 4.46. The molecule has 168 valence electrons. The fourth-order valence-electron chi connectivity index (χ4n) is 4.46. The number of nitrogens with zero attached hydrogens (tertiary/aromatic N) is 1. The number of carbonyl (C=O) groups is 2. The minimum absolute atomic E-state index is 0.159. The highest BCUT2D eigenvalue weighted by Gasteiger charge is 2.18. The van der Waals surface area contributed by atoms with Crippen LogP contribution in [0.25, 0.3) is 10.9 Å². The minimum atomic E-state index is -0.397. The summed E-state index contributed by atoms with van der Waals surface area (Å²) >= 11 is 0. The third-order valence-electron chi connectivity index (χ3n) is 6.11. The molecule has 1 heterocycles. The van der Waals surface area contributed by atoms with Gasteiger partial charge in [-0.2, -0.15) is 0 Å². The number of hydrogen-bond acceptors (Lipinski definition) is 4. The van der Waals surface area contributed by atoms with Gasteiger partial charge in [-0.3, -0.25) is 0 Å². The van der Waals surface area contributed by atoms with E-state index in [1.54, 1.807) is 19.2 Å². The Hall–Kier alpha value is -3.48. The Balaban J connectivity index is 1.58. The van der Waals surface area contributed by atoms with Crippen LogP contribution in [0, 0.1) is 0 Å². The van der Waals surface area contributed by atoms with Gasteiger partial charge in [0.1, 0.15) is 5.75 Å². The number of anilines is 1. The van der Waals surface area contributed by atoms with Gasteiger partial charge in [-0.15, -0.1) is 0 Å². The van der Waals surface area contributed by atoms with Crippen molar-refractivity contribution in [3.8, 4) is 5.75 Å². The standard InChI is InChI=1S/C25H29N3O4/c1-28-15-18(12-16-8-9-17(24(29)32-3)13-23(16)31-2)21-14-20(10-11-22(21)28)27-25(30)26-19-6-4-5-7-19/h8-11,13-15,19H,4-7,12H2,1-3H3,(H2,26,27,30). The molecule has 0 spiro atoms. The van der Waals surface area contributed by atoms with Crippen LogP contribution in [-0.4, -0.2) is 36.8 Å². The molecule has 1 saturated carbocycles. The zero-order chi connectivity index (χ0) is 22.7. The van der Waals surface area contributed by atoms with Gasteiger partial charge in [0, 0.05) is 42.3 Å². The molecule has 0 aliphatic heterocycles. The van der Waals surface area contributed by atoms with Crippen molar-refractivity contribution in [1.29, 1.82) is 0 Å². The summed E-state index contributed by atoms with van der Waals surface area (Å²) in [5.74, 6) is 0.238. The molecule has 0 saturated heterocycles. The Morgan fingerprint density at radius 2 is 1.84 bits per heavy atom. The lowest BCUT2D eigenvalue weighted by Crippen LogP contribution is -2.36. The van der Waals surface area contributed by atoms with E-state index in [9.17, 15) is 9.59 Å². The van der Waals surface area contributed by atoms with Crippen molar-refractivity contribution in [3.63, 3.8) is 0 Å². The summed E-state index contributed by atoms with van der Waals surface area (Å²) in [7, 11) is 4.95. The average Bonchev–Trinajstić information content (AvgIpc) is 3.41. The highest BCUT2D eigenvalue weighted by molar-refractivity contribution is 5.94. The number of aryl methyl sites for hydroxylation is 1. The van der Waals surface area contributed by atoms with Crippen LogP contribution in [0.4, 0.5) is 10.5 Å². The van der Waals surface area contributed by atoms with Crippen LogP contribution in [0.5, 0.6) is 5.75 Å². The van der Waals surface area contributed by atoms with E-state index in [4.69, 9.17) is 9.47 Å². The maximum absolute atomic E-state index is 12.4. The second-order valence-electron chi connectivity index (χ2n) is 8.27. The molecule has 0 bridgehead atoms. The first-order valence-electron chi connectivity index (χ1n) is 10.9. The number of nitrogens with one attached hydrogen (secondary N) is 2. The lowest BCUT2D eigenvalue weighted by Gasteiger charge is -2.13. The number of ether oxygens (including phenoxy) is 2. The fraction of sp³-hybridized carbons (Fsp3) is 0.360. The summed E-state index contributed by atoms with van der Waals surface area (Å²) in [5.41, 5.74) is 4.35. The predicted molar refractivity (Wildman–Crippen MR) is 124 cm³/mol. The highest BCUT2D eigenvalue weighted by Crippen LogP contribution is 2.30. The van der Waals surface area contributed by atoms with Crippen LogP contribution in [0.2, 0.25) is 0 Å². The van der Waals surface area contributed by atoms with Crippen molar-refractivity contribution in [1.82, 2.24) is 9.88 Å². The van der Waals surface area contributed by atoms with Crippen molar-refractivity contribution < 1.29 is 19.1 Å². The summed E-state index contributed by atoms with van der Waals surface area (Å²) in [4.78, 5) is 24.2. The molecule has 2 amide bonds. The van der Waals surface area contributed by atoms with Crippen LogP contribution in [-0.2, 0) is 18.2 Å². The smallest absolute Gasteiger partial charge is 0.337 e. The van der Waals surface area contributed by atoms with Gasteiger partial charge in [0.25, 0.3) is 0 Å². The van der Waals surface area contributed by atoms with E-state index in [-0.39, 0.29) is 12.1 Å². The normalized spacial score (nSPS) is 13.8. The molecule has 1 aromatic heterocycles. The first-order chi connectivity index (χ1) is 15.5. The molecule has 2 aromatic carbocycles. The maximum Gasteiger partial charge on any atom is 0.337 e. The predicted octanol–water partition coefficient (Wildman–Crippen LogP) is 4.63. The van der Waals surface area contributed by atoms with Gasteiger partial charge in [0.15, 0.2) is 0 Å². The number of fused-ring (bicyclic) bond motifs is 1. The number of urea groups is 1. The van der Waals surface area contributed by atoms with E-state index < -0.39 is 5.97 Å². The van der Waals surface area contributed by atoms with Crippen LogP contribution >= 0.6 is 0 Å². The first-order valence-corrected chi connectivity index (χ1v) is 10.9. The number of carbonyl (C=O) groups excluding carboxylic acids is 2. The average molecular weight is 436 g/mol. The Bertz CT molecular complexity index is 1150. The van der Waals surface area contributed by atoms with Crippen molar-refractivity contribution in [2.75, 3.05) is 19.5 Å². The summed E-state index contributed by atoms with van der Waals surface area (Å²) in [5, 5.41) is 7.10. The Morgan fingerprint density at radius 3 is 2.56 bits per heavy atom. The van der Waals surface area contributed by atoms with E-state index in [1.807, 2.05) is 31.3 Å². The van der Waals surface area contributed by atoms with Crippen LogP contribution in [0.15, 0.2) is 42.6 Å². The van der Waals surface area contributed by atoms with E-state index in [0.29, 0.717) is 17.7 Å². The molecule has 1 aliphatic rings. The Morgan fingerprint density at radius 1 is 1.06 bits per heavy atom. The quantitative estimate of drug-likeness (QED) is 0.553. The molecule has 0 atom stereocenters.